The molecule has 0 aromatic rings. The molecular weight excluding hydrogens is 278 g/mol. The van der Waals surface area contributed by atoms with Crippen molar-refractivity contribution in [1.82, 2.24) is 16.0 Å². The molecule has 2 bridgehead atoms. The lowest BCUT2D eigenvalue weighted by atomic mass is 9.96. The van der Waals surface area contributed by atoms with Crippen LogP contribution < -0.4 is 16.0 Å². The van der Waals surface area contributed by atoms with Gasteiger partial charge in [0.05, 0.1) is 31.4 Å². The van der Waals surface area contributed by atoms with Gasteiger partial charge in [0, 0.05) is 20.2 Å². The van der Waals surface area contributed by atoms with Crippen LogP contribution in [-0.4, -0.2) is 75.1 Å². The number of carbonyl (C=O) groups excluding carboxylic acids is 1. The molecule has 2 aliphatic rings. The SMILES string of the molecule is C=CCNC(=O)N[C@H]1[C@H](O)[C@@H](NCCOC)[C@@H]2OC[C@H]1O2. The first-order valence-corrected chi connectivity index (χ1v) is 7.00. The second-order valence-electron chi connectivity index (χ2n) is 5.01. The third kappa shape index (κ3) is 3.92. The van der Waals surface area contributed by atoms with Gasteiger partial charge in [0.2, 0.25) is 0 Å². The normalized spacial score (nSPS) is 34.5. The Morgan fingerprint density at radius 2 is 2.33 bits per heavy atom. The molecule has 8 heteroatoms. The van der Waals surface area contributed by atoms with Crippen molar-refractivity contribution in [3.05, 3.63) is 12.7 Å². The maximum Gasteiger partial charge on any atom is 0.315 e. The molecule has 0 unspecified atom stereocenters. The van der Waals surface area contributed by atoms with Crippen LogP contribution in [0.25, 0.3) is 0 Å². The molecule has 0 saturated carbocycles. The first kappa shape index (κ1) is 16.2. The molecule has 2 aliphatic heterocycles. The van der Waals surface area contributed by atoms with E-state index in [4.69, 9.17) is 14.2 Å². The van der Waals surface area contributed by atoms with E-state index in [0.717, 1.165) is 0 Å². The van der Waals surface area contributed by atoms with Crippen molar-refractivity contribution >= 4 is 6.03 Å². The van der Waals surface area contributed by atoms with Crippen LogP contribution in [0.4, 0.5) is 4.79 Å². The summed E-state index contributed by atoms with van der Waals surface area (Å²) in [4.78, 5) is 11.7. The number of aliphatic hydroxyl groups excluding tert-OH is 1. The third-order valence-corrected chi connectivity index (χ3v) is 3.55. The minimum absolute atomic E-state index is 0.344. The fourth-order valence-corrected chi connectivity index (χ4v) is 2.51. The lowest BCUT2D eigenvalue weighted by Crippen LogP contribution is -2.65. The number of methoxy groups -OCH3 is 1. The fourth-order valence-electron chi connectivity index (χ4n) is 2.51. The van der Waals surface area contributed by atoms with E-state index in [1.54, 1.807) is 13.2 Å². The van der Waals surface area contributed by atoms with Crippen molar-refractivity contribution in [2.45, 2.75) is 30.6 Å². The van der Waals surface area contributed by atoms with E-state index >= 15 is 0 Å². The molecule has 5 atom stereocenters. The Balaban J connectivity index is 1.93. The average Bonchev–Trinajstić information content (AvgIpc) is 2.91. The Bertz CT molecular complexity index is 368. The van der Waals surface area contributed by atoms with Crippen LogP contribution in [0.3, 0.4) is 0 Å². The van der Waals surface area contributed by atoms with E-state index in [0.29, 0.717) is 26.3 Å². The minimum Gasteiger partial charge on any atom is -0.389 e. The highest BCUT2D eigenvalue weighted by Crippen LogP contribution is 2.28. The van der Waals surface area contributed by atoms with Crippen molar-refractivity contribution in [3.63, 3.8) is 0 Å². The van der Waals surface area contributed by atoms with Crippen molar-refractivity contribution in [2.24, 2.45) is 0 Å². The first-order valence-electron chi connectivity index (χ1n) is 7.00. The lowest BCUT2D eigenvalue weighted by molar-refractivity contribution is -0.151. The van der Waals surface area contributed by atoms with Gasteiger partial charge in [-0.15, -0.1) is 6.58 Å². The van der Waals surface area contributed by atoms with Gasteiger partial charge in [0.1, 0.15) is 6.10 Å². The highest BCUT2D eigenvalue weighted by atomic mass is 16.7. The fraction of sp³-hybridized carbons (Fsp3) is 0.769. The van der Waals surface area contributed by atoms with E-state index in [2.05, 4.69) is 22.5 Å². The van der Waals surface area contributed by atoms with Crippen LogP contribution >= 0.6 is 0 Å². The molecule has 0 aromatic carbocycles. The number of nitrogens with one attached hydrogen (secondary N) is 3. The van der Waals surface area contributed by atoms with Crippen LogP contribution in [0, 0.1) is 0 Å². The predicted octanol–water partition coefficient (Wildman–Crippen LogP) is -1.44. The average molecular weight is 301 g/mol. The van der Waals surface area contributed by atoms with Gasteiger partial charge in [-0.2, -0.15) is 0 Å². The van der Waals surface area contributed by atoms with Crippen LogP contribution in [0.1, 0.15) is 0 Å². The van der Waals surface area contributed by atoms with Gasteiger partial charge in [-0.3, -0.25) is 0 Å². The summed E-state index contributed by atoms with van der Waals surface area (Å²) < 4.78 is 16.2. The highest BCUT2D eigenvalue weighted by molar-refractivity contribution is 5.74. The van der Waals surface area contributed by atoms with E-state index in [9.17, 15) is 9.90 Å². The highest BCUT2D eigenvalue weighted by Gasteiger charge is 2.50. The van der Waals surface area contributed by atoms with E-state index in [1.807, 2.05) is 0 Å². The molecule has 4 N–H and O–H groups in total. The molecule has 2 rings (SSSR count). The maximum absolute atomic E-state index is 11.7. The van der Waals surface area contributed by atoms with Gasteiger partial charge in [-0.05, 0) is 0 Å². The molecule has 0 aromatic heterocycles. The molecule has 2 fully saturated rings. The van der Waals surface area contributed by atoms with Gasteiger partial charge in [0.25, 0.3) is 0 Å². The second kappa shape index (κ2) is 7.71. The topological polar surface area (TPSA) is 101 Å². The molecule has 0 aliphatic carbocycles. The Hall–Kier alpha value is -1.19. The standard InChI is InChI=1S/C13H23N3O5/c1-3-4-15-13(18)16-9-8-7-20-12(21-8)10(11(9)17)14-5-6-19-2/h3,8-12,14,17H,1,4-7H2,2H3,(H2,15,16,18)/t8-,9-,10-,11+,12-/m1/s1. The molecule has 0 radical (unpaired) electrons. The van der Waals surface area contributed by atoms with E-state index in [1.165, 1.54) is 0 Å². The number of urea groups is 1. The Kier molecular flexibility index (Phi) is 5.95. The minimum atomic E-state index is -0.803. The molecular formula is C13H23N3O5. The summed E-state index contributed by atoms with van der Waals surface area (Å²) >= 11 is 0. The molecule has 2 amide bonds. The number of fused-ring (bicyclic) bond motifs is 2. The Morgan fingerprint density at radius 3 is 3.05 bits per heavy atom. The summed E-state index contributed by atoms with van der Waals surface area (Å²) in [6.45, 7) is 5.30. The number of aliphatic hydroxyl groups is 1. The van der Waals surface area contributed by atoms with Crippen molar-refractivity contribution < 1.29 is 24.1 Å². The molecule has 2 saturated heterocycles. The number of ether oxygens (including phenoxy) is 3. The number of rotatable bonds is 7. The van der Waals surface area contributed by atoms with Gasteiger partial charge in [0.15, 0.2) is 6.29 Å². The summed E-state index contributed by atoms with van der Waals surface area (Å²) in [6.07, 6.45) is -0.0734. The number of hydrogen-bond donors (Lipinski definition) is 4. The van der Waals surface area contributed by atoms with E-state index in [-0.39, 0.29) is 12.1 Å². The van der Waals surface area contributed by atoms with Crippen molar-refractivity contribution in [1.29, 1.82) is 0 Å². The van der Waals surface area contributed by atoms with Crippen LogP contribution in [0.2, 0.25) is 0 Å². The zero-order chi connectivity index (χ0) is 15.2. The largest absolute Gasteiger partial charge is 0.389 e. The van der Waals surface area contributed by atoms with Crippen LogP contribution in [-0.2, 0) is 14.2 Å². The Morgan fingerprint density at radius 1 is 1.52 bits per heavy atom. The smallest absolute Gasteiger partial charge is 0.315 e. The summed E-state index contributed by atoms with van der Waals surface area (Å²) in [5, 5.41) is 18.9. The molecule has 120 valence electrons. The third-order valence-electron chi connectivity index (χ3n) is 3.55. The van der Waals surface area contributed by atoms with Crippen LogP contribution in [0.15, 0.2) is 12.7 Å². The van der Waals surface area contributed by atoms with Gasteiger partial charge < -0.3 is 35.3 Å². The van der Waals surface area contributed by atoms with Crippen molar-refractivity contribution in [3.8, 4) is 0 Å². The summed E-state index contributed by atoms with van der Waals surface area (Å²) in [5.41, 5.74) is 0. The van der Waals surface area contributed by atoms with E-state index < -0.39 is 24.5 Å². The molecule has 21 heavy (non-hydrogen) atoms. The Labute approximate surface area is 123 Å². The molecule has 8 nitrogen and oxygen atoms in total. The molecule has 0 spiro atoms. The zero-order valence-corrected chi connectivity index (χ0v) is 12.1. The van der Waals surface area contributed by atoms with Gasteiger partial charge in [-0.25, -0.2) is 4.79 Å². The first-order chi connectivity index (χ1) is 10.2. The van der Waals surface area contributed by atoms with Crippen LogP contribution in [0.5, 0.6) is 0 Å². The number of amides is 2. The number of carbonyl (C=O) groups is 1. The quantitative estimate of drug-likeness (QED) is 0.339. The monoisotopic (exact) mass is 301 g/mol. The van der Waals surface area contributed by atoms with Gasteiger partial charge >= 0.3 is 6.03 Å². The summed E-state index contributed by atoms with van der Waals surface area (Å²) in [6, 6.07) is -1.32. The summed E-state index contributed by atoms with van der Waals surface area (Å²) in [5.74, 6) is 0. The predicted molar refractivity (Wildman–Crippen MR) is 74.8 cm³/mol. The lowest BCUT2D eigenvalue weighted by Gasteiger charge is -2.38. The summed E-state index contributed by atoms with van der Waals surface area (Å²) in [7, 11) is 1.60. The second-order valence-corrected chi connectivity index (χ2v) is 5.01. The molecule has 2 heterocycles. The van der Waals surface area contributed by atoms with Crippen molar-refractivity contribution in [2.75, 3.05) is 33.4 Å². The maximum atomic E-state index is 11.7. The van der Waals surface area contributed by atoms with Gasteiger partial charge in [-0.1, -0.05) is 6.08 Å². The number of hydrogen-bond acceptors (Lipinski definition) is 6. The zero-order valence-electron chi connectivity index (χ0n) is 12.1.